The number of fused-ring (bicyclic) bond motifs is 1. The number of hydrogen-bond donors (Lipinski definition) is 1. The Morgan fingerprint density at radius 1 is 0.952 bits per heavy atom. The van der Waals surface area contributed by atoms with E-state index in [2.05, 4.69) is 0 Å². The van der Waals surface area contributed by atoms with Crippen LogP contribution in [0.5, 0.6) is 5.75 Å². The second kappa shape index (κ2) is 10.6. The number of carbonyl (C=O) groups excluding carboxylic acids is 1. The van der Waals surface area contributed by atoms with Gasteiger partial charge in [-0.3, -0.25) is 10.2 Å². The third-order valence-electron chi connectivity index (χ3n) is 7.02. The molecule has 5 rings (SSSR count). The van der Waals surface area contributed by atoms with Gasteiger partial charge in [-0.05, 0) is 65.6 Å². The van der Waals surface area contributed by atoms with E-state index in [1.54, 1.807) is 19.4 Å². The van der Waals surface area contributed by atoms with Crippen LogP contribution < -0.4 is 10.4 Å². The minimum atomic E-state index is -5.08. The molecular weight excluding hydrogens is 591 g/mol. The fourth-order valence-corrected chi connectivity index (χ4v) is 5.12. The van der Waals surface area contributed by atoms with Crippen molar-refractivity contribution in [3.63, 3.8) is 0 Å². The van der Waals surface area contributed by atoms with Gasteiger partial charge in [0.05, 0.1) is 35.8 Å². The van der Waals surface area contributed by atoms with Gasteiger partial charge >= 0.3 is 12.4 Å². The van der Waals surface area contributed by atoms with Crippen LogP contribution >= 0.6 is 11.6 Å². The van der Waals surface area contributed by atoms with E-state index in [4.69, 9.17) is 21.7 Å². The number of imidazole rings is 1. The Labute approximate surface area is 239 Å². The van der Waals surface area contributed by atoms with Crippen molar-refractivity contribution in [2.45, 2.75) is 25.3 Å². The van der Waals surface area contributed by atoms with E-state index >= 15 is 0 Å². The molecule has 1 N–H and O–H groups in total. The van der Waals surface area contributed by atoms with Crippen molar-refractivity contribution in [1.82, 2.24) is 9.13 Å². The summed E-state index contributed by atoms with van der Waals surface area (Å²) in [7, 11) is 1.63. The molecule has 0 spiro atoms. The second-order valence-electron chi connectivity index (χ2n) is 9.99. The minimum Gasteiger partial charge on any atom is -0.491 e. The molecule has 4 aromatic rings. The first-order chi connectivity index (χ1) is 19.6. The Bertz CT molecular complexity index is 1720. The normalized spacial score (nSPS) is 15.5. The summed E-state index contributed by atoms with van der Waals surface area (Å²) in [4.78, 5) is 13.7. The van der Waals surface area contributed by atoms with Crippen molar-refractivity contribution < 1.29 is 40.3 Å². The van der Waals surface area contributed by atoms with Gasteiger partial charge in [0.1, 0.15) is 11.6 Å². The summed E-state index contributed by atoms with van der Waals surface area (Å²) in [6, 6.07) is 7.70. The molecule has 0 aliphatic carbocycles. The number of ether oxygens (including phenoxy) is 1. The van der Waals surface area contributed by atoms with Crippen LogP contribution in [0.3, 0.4) is 0 Å². The average molecular weight is 612 g/mol. The third-order valence-corrected chi connectivity index (χ3v) is 7.38. The van der Waals surface area contributed by atoms with Crippen molar-refractivity contribution in [3.05, 3.63) is 105 Å². The summed E-state index contributed by atoms with van der Waals surface area (Å²) in [6.45, 7) is -0.242. The Kier molecular flexibility index (Phi) is 7.46. The number of benzene rings is 3. The third kappa shape index (κ3) is 5.80. The number of halogens is 8. The number of aromatic nitrogens is 2. The van der Waals surface area contributed by atoms with E-state index in [0.29, 0.717) is 23.3 Å². The Morgan fingerprint density at radius 2 is 1.60 bits per heavy atom. The number of ketones is 1. The predicted octanol–water partition coefficient (Wildman–Crippen LogP) is 7.29. The number of hydrogen-bond acceptors (Lipinski definition) is 3. The molecule has 5 nitrogen and oxygen atoms in total. The minimum absolute atomic E-state index is 0.00716. The highest BCUT2D eigenvalue weighted by Gasteiger charge is 2.38. The lowest BCUT2D eigenvalue weighted by Crippen LogP contribution is -2.30. The molecule has 220 valence electrons. The molecule has 0 saturated heterocycles. The van der Waals surface area contributed by atoms with E-state index < -0.39 is 46.6 Å². The zero-order chi connectivity index (χ0) is 30.6. The maximum absolute atomic E-state index is 13.7. The molecule has 1 atom stereocenters. The summed E-state index contributed by atoms with van der Waals surface area (Å²) in [5.74, 6) is -2.00. The highest BCUT2D eigenvalue weighted by atomic mass is 35.5. The molecule has 1 aliphatic rings. The van der Waals surface area contributed by atoms with Gasteiger partial charge in [-0.25, -0.2) is 4.39 Å². The second-order valence-corrected chi connectivity index (χ2v) is 10.4. The molecule has 1 aliphatic heterocycles. The molecule has 0 amide bonds. The summed E-state index contributed by atoms with van der Waals surface area (Å²) in [6.07, 6.45) is -6.93. The van der Waals surface area contributed by atoms with Crippen LogP contribution in [0.15, 0.2) is 60.9 Å². The van der Waals surface area contributed by atoms with E-state index in [-0.39, 0.29) is 53.2 Å². The van der Waals surface area contributed by atoms with Gasteiger partial charge in [-0.2, -0.15) is 26.3 Å². The van der Waals surface area contributed by atoms with Gasteiger partial charge in [0.25, 0.3) is 0 Å². The number of alkyl halides is 6. The first kappa shape index (κ1) is 29.4. The Morgan fingerprint density at radius 3 is 2.17 bits per heavy atom. The quantitative estimate of drug-likeness (QED) is 0.241. The molecule has 13 heteroatoms. The largest absolute Gasteiger partial charge is 0.491 e. The average Bonchev–Trinajstić information content (AvgIpc) is 3.22. The zero-order valence-electron chi connectivity index (χ0n) is 21.7. The smallest absolute Gasteiger partial charge is 0.416 e. The molecule has 42 heavy (non-hydrogen) atoms. The first-order valence-corrected chi connectivity index (χ1v) is 12.8. The fourth-order valence-electron chi connectivity index (χ4n) is 4.88. The number of nitrogens with one attached hydrogen (secondary N) is 1. The van der Waals surface area contributed by atoms with Crippen molar-refractivity contribution in [2.24, 2.45) is 13.0 Å². The summed E-state index contributed by atoms with van der Waals surface area (Å²) in [5.41, 5.74) is -2.75. The summed E-state index contributed by atoms with van der Waals surface area (Å²) < 4.78 is 104. The highest BCUT2D eigenvalue weighted by molar-refractivity contribution is 6.31. The van der Waals surface area contributed by atoms with Crippen LogP contribution in [-0.4, -0.2) is 21.5 Å². The number of aryl methyl sites for hydroxylation is 1. The molecular formula is C29H21ClF7N3O2. The highest BCUT2D eigenvalue weighted by Crippen LogP contribution is 2.44. The number of carbonyl (C=O) groups is 1. The number of Topliss-reactive ketones (excluding diaryl/α,β-unsaturated/α-hetero) is 1. The maximum atomic E-state index is 13.7. The Balaban J connectivity index is 1.66. The molecule has 0 fully saturated rings. The molecule has 0 saturated carbocycles. The summed E-state index contributed by atoms with van der Waals surface area (Å²) in [5, 5.41) is 8.29. The van der Waals surface area contributed by atoms with Crippen LogP contribution in [0.2, 0.25) is 5.02 Å². The van der Waals surface area contributed by atoms with Crippen LogP contribution in [-0.2, 0) is 32.4 Å². The van der Waals surface area contributed by atoms with Crippen LogP contribution in [0.1, 0.15) is 32.6 Å². The van der Waals surface area contributed by atoms with Gasteiger partial charge in [0.2, 0.25) is 5.62 Å². The maximum Gasteiger partial charge on any atom is 0.416 e. The van der Waals surface area contributed by atoms with Gasteiger partial charge in [-0.1, -0.05) is 17.7 Å². The molecule has 3 aromatic carbocycles. The molecule has 0 bridgehead atoms. The molecule has 0 radical (unpaired) electrons. The van der Waals surface area contributed by atoms with E-state index in [0.717, 1.165) is 6.07 Å². The van der Waals surface area contributed by atoms with Gasteiger partial charge in [0.15, 0.2) is 5.78 Å². The van der Waals surface area contributed by atoms with Crippen LogP contribution in [0, 0.1) is 17.1 Å². The van der Waals surface area contributed by atoms with Crippen molar-refractivity contribution >= 4 is 17.4 Å². The van der Waals surface area contributed by atoms with E-state index in [1.165, 1.54) is 33.4 Å². The number of nitrogens with zero attached hydrogens (tertiary/aromatic N) is 2. The van der Waals surface area contributed by atoms with Crippen LogP contribution in [0.25, 0.3) is 11.1 Å². The van der Waals surface area contributed by atoms with Gasteiger partial charge in [0, 0.05) is 30.0 Å². The van der Waals surface area contributed by atoms with Gasteiger partial charge < -0.3 is 13.9 Å². The molecule has 1 unspecified atom stereocenters. The monoisotopic (exact) mass is 611 g/mol. The van der Waals surface area contributed by atoms with Crippen molar-refractivity contribution in [1.29, 1.82) is 5.41 Å². The first-order valence-electron chi connectivity index (χ1n) is 12.5. The molecule has 1 aromatic heterocycles. The van der Waals surface area contributed by atoms with E-state index in [9.17, 15) is 35.5 Å². The standard InChI is InChI=1S/C29H21ClF7N3O2/c1-39-4-5-40(27(39)38)13-15-6-22(17-9-19(28(32,33)34)11-20(10-17)29(35,36)37)26-23(7-15)25(41)18(14-42-26)8-16-2-3-21(31)12-24(16)30/h2-7,9-12,18,38H,8,13-14H2,1H3. The lowest BCUT2D eigenvalue weighted by Gasteiger charge is -2.27. The molecule has 2 heterocycles. The topological polar surface area (TPSA) is 60.0 Å². The fraction of sp³-hybridized carbons (Fsp3) is 0.241. The zero-order valence-corrected chi connectivity index (χ0v) is 22.5. The predicted molar refractivity (Wildman–Crippen MR) is 139 cm³/mol. The van der Waals surface area contributed by atoms with Crippen molar-refractivity contribution in [3.8, 4) is 16.9 Å². The lowest BCUT2D eigenvalue weighted by atomic mass is 9.86. The van der Waals surface area contributed by atoms with E-state index in [1.807, 2.05) is 0 Å². The lowest BCUT2D eigenvalue weighted by molar-refractivity contribution is -0.143. The summed E-state index contributed by atoms with van der Waals surface area (Å²) >= 11 is 6.14. The Hall–Kier alpha value is -4.06. The van der Waals surface area contributed by atoms with Gasteiger partial charge in [-0.15, -0.1) is 0 Å². The SMILES string of the molecule is Cn1ccn(Cc2cc3c(c(-c4cc(C(F)(F)F)cc(C(F)(F)F)c4)c2)OCC(Cc2ccc(F)cc2Cl)C3=O)c1=N. The number of rotatable bonds is 5. The van der Waals surface area contributed by atoms with Crippen molar-refractivity contribution in [2.75, 3.05) is 6.61 Å². The van der Waals surface area contributed by atoms with Crippen LogP contribution in [0.4, 0.5) is 30.7 Å².